The minimum Gasteiger partial charge on any atom is -0.497 e. The number of methoxy groups -OCH3 is 2. The molecule has 0 amide bonds. The van der Waals surface area contributed by atoms with Crippen LogP contribution in [0.3, 0.4) is 0 Å². The highest BCUT2D eigenvalue weighted by atomic mass is 16.5. The van der Waals surface area contributed by atoms with Crippen molar-refractivity contribution >= 4 is 6.29 Å². The van der Waals surface area contributed by atoms with E-state index in [0.717, 1.165) is 28.9 Å². The molecule has 1 unspecified atom stereocenters. The second-order valence-corrected chi connectivity index (χ2v) is 4.54. The fraction of sp³-hybridized carbons (Fsp3) is 0.235. The molecule has 1 atom stereocenters. The highest BCUT2D eigenvalue weighted by molar-refractivity contribution is 5.65. The number of carbonyl (C=O) groups excluding carboxylic acids is 1. The fourth-order valence-electron chi connectivity index (χ4n) is 2.22. The van der Waals surface area contributed by atoms with Crippen LogP contribution in [0.4, 0.5) is 0 Å². The van der Waals surface area contributed by atoms with Crippen LogP contribution in [0.15, 0.2) is 48.5 Å². The van der Waals surface area contributed by atoms with Crippen LogP contribution in [-0.2, 0) is 11.2 Å². The summed E-state index contributed by atoms with van der Waals surface area (Å²) >= 11 is 0. The van der Waals surface area contributed by atoms with Crippen molar-refractivity contribution in [2.45, 2.75) is 12.3 Å². The maximum absolute atomic E-state index is 11.4. The Morgan fingerprint density at radius 1 is 1.00 bits per heavy atom. The molecule has 3 nitrogen and oxygen atoms in total. The van der Waals surface area contributed by atoms with E-state index in [2.05, 4.69) is 0 Å². The molecule has 0 heterocycles. The molecule has 0 radical (unpaired) electrons. The molecule has 2 aromatic carbocycles. The highest BCUT2D eigenvalue weighted by Crippen LogP contribution is 2.28. The lowest BCUT2D eigenvalue weighted by Crippen LogP contribution is -2.06. The predicted molar refractivity (Wildman–Crippen MR) is 78.5 cm³/mol. The summed E-state index contributed by atoms with van der Waals surface area (Å²) in [4.78, 5) is 11.4. The van der Waals surface area contributed by atoms with E-state index in [-0.39, 0.29) is 5.92 Å². The molecule has 20 heavy (non-hydrogen) atoms. The number of ether oxygens (including phenoxy) is 2. The van der Waals surface area contributed by atoms with Gasteiger partial charge >= 0.3 is 0 Å². The Morgan fingerprint density at radius 2 is 1.70 bits per heavy atom. The van der Waals surface area contributed by atoms with Crippen molar-refractivity contribution in [3.63, 3.8) is 0 Å². The lowest BCUT2D eigenvalue weighted by molar-refractivity contribution is -0.109. The third-order valence-electron chi connectivity index (χ3n) is 3.32. The minimum atomic E-state index is -0.209. The summed E-state index contributed by atoms with van der Waals surface area (Å²) in [5.74, 6) is 1.35. The first-order chi connectivity index (χ1) is 9.78. The van der Waals surface area contributed by atoms with Crippen LogP contribution in [0.25, 0.3) is 0 Å². The smallest absolute Gasteiger partial charge is 0.127 e. The lowest BCUT2D eigenvalue weighted by Gasteiger charge is -2.14. The summed E-state index contributed by atoms with van der Waals surface area (Å²) in [6.07, 6.45) is 1.62. The van der Waals surface area contributed by atoms with Gasteiger partial charge in [-0.1, -0.05) is 30.3 Å². The average Bonchev–Trinajstić information content (AvgIpc) is 2.53. The zero-order valence-electron chi connectivity index (χ0n) is 11.7. The number of benzene rings is 2. The van der Waals surface area contributed by atoms with E-state index in [1.54, 1.807) is 14.2 Å². The Labute approximate surface area is 119 Å². The lowest BCUT2D eigenvalue weighted by atomic mass is 9.92. The molecule has 104 valence electrons. The standard InChI is InChI=1S/C17H18O3/c1-19-15-9-7-13(8-10-15)11-14(12-18)16-5-3-4-6-17(16)20-2/h3-10,12,14H,11H2,1-2H3. The molecule has 3 heteroatoms. The maximum atomic E-state index is 11.4. The van der Waals surface area contributed by atoms with Crippen LogP contribution in [0.2, 0.25) is 0 Å². The number of para-hydroxylation sites is 1. The van der Waals surface area contributed by atoms with Crippen LogP contribution in [0.1, 0.15) is 17.0 Å². The summed E-state index contributed by atoms with van der Waals surface area (Å²) in [5, 5.41) is 0. The van der Waals surface area contributed by atoms with Gasteiger partial charge in [-0.3, -0.25) is 0 Å². The van der Waals surface area contributed by atoms with Gasteiger partial charge in [-0.05, 0) is 30.2 Å². The Balaban J connectivity index is 2.21. The predicted octanol–water partition coefficient (Wildman–Crippen LogP) is 3.23. The van der Waals surface area contributed by atoms with Crippen molar-refractivity contribution in [2.24, 2.45) is 0 Å². The summed E-state index contributed by atoms with van der Waals surface area (Å²) in [6, 6.07) is 15.4. The van der Waals surface area contributed by atoms with Crippen LogP contribution < -0.4 is 9.47 Å². The largest absolute Gasteiger partial charge is 0.497 e. The minimum absolute atomic E-state index is 0.209. The second-order valence-electron chi connectivity index (χ2n) is 4.54. The first-order valence-electron chi connectivity index (χ1n) is 6.49. The molecular weight excluding hydrogens is 252 g/mol. The van der Waals surface area contributed by atoms with Crippen molar-refractivity contribution in [3.8, 4) is 11.5 Å². The number of carbonyl (C=O) groups is 1. The summed E-state index contributed by atoms with van der Waals surface area (Å²) in [6.45, 7) is 0. The summed E-state index contributed by atoms with van der Waals surface area (Å²) in [5.41, 5.74) is 2.01. The first kappa shape index (κ1) is 14.1. The quantitative estimate of drug-likeness (QED) is 0.756. The van der Waals surface area contributed by atoms with E-state index in [1.807, 2.05) is 48.5 Å². The molecular formula is C17H18O3. The Kier molecular flexibility index (Phi) is 4.77. The van der Waals surface area contributed by atoms with Crippen LogP contribution in [0, 0.1) is 0 Å². The zero-order chi connectivity index (χ0) is 14.4. The van der Waals surface area contributed by atoms with Crippen molar-refractivity contribution in [1.82, 2.24) is 0 Å². The van der Waals surface area contributed by atoms with Crippen molar-refractivity contribution in [3.05, 3.63) is 59.7 Å². The van der Waals surface area contributed by atoms with Crippen LogP contribution in [-0.4, -0.2) is 20.5 Å². The van der Waals surface area contributed by atoms with Gasteiger partial charge in [0.1, 0.15) is 17.8 Å². The van der Waals surface area contributed by atoms with E-state index in [1.165, 1.54) is 0 Å². The number of hydrogen-bond donors (Lipinski definition) is 0. The van der Waals surface area contributed by atoms with Gasteiger partial charge in [0.2, 0.25) is 0 Å². The molecule has 0 aromatic heterocycles. The molecule has 0 fully saturated rings. The maximum Gasteiger partial charge on any atom is 0.127 e. The van der Waals surface area contributed by atoms with E-state index >= 15 is 0 Å². The number of aldehydes is 1. The van der Waals surface area contributed by atoms with Gasteiger partial charge in [-0.2, -0.15) is 0 Å². The van der Waals surface area contributed by atoms with Gasteiger partial charge in [0.25, 0.3) is 0 Å². The van der Waals surface area contributed by atoms with E-state index in [9.17, 15) is 4.79 Å². The Bertz CT molecular complexity index is 561. The molecule has 0 aliphatic carbocycles. The van der Waals surface area contributed by atoms with Crippen molar-refractivity contribution in [2.75, 3.05) is 14.2 Å². The van der Waals surface area contributed by atoms with E-state index in [4.69, 9.17) is 9.47 Å². The zero-order valence-corrected chi connectivity index (χ0v) is 11.7. The van der Waals surface area contributed by atoms with Gasteiger partial charge in [0.05, 0.1) is 14.2 Å². The monoisotopic (exact) mass is 270 g/mol. The van der Waals surface area contributed by atoms with Gasteiger partial charge in [-0.25, -0.2) is 0 Å². The molecule has 0 bridgehead atoms. The summed E-state index contributed by atoms with van der Waals surface area (Å²) in [7, 11) is 3.26. The molecule has 0 saturated heterocycles. The molecule has 0 aliphatic rings. The molecule has 2 rings (SSSR count). The SMILES string of the molecule is COc1ccc(CC(C=O)c2ccccc2OC)cc1. The molecule has 2 aromatic rings. The third kappa shape index (κ3) is 3.18. The normalized spacial score (nSPS) is 11.7. The molecule has 0 spiro atoms. The van der Waals surface area contributed by atoms with E-state index < -0.39 is 0 Å². The first-order valence-corrected chi connectivity index (χ1v) is 6.49. The number of rotatable bonds is 6. The van der Waals surface area contributed by atoms with Crippen molar-refractivity contribution in [1.29, 1.82) is 0 Å². The molecule has 0 N–H and O–H groups in total. The summed E-state index contributed by atoms with van der Waals surface area (Å²) < 4.78 is 10.5. The van der Waals surface area contributed by atoms with Gasteiger partial charge in [0, 0.05) is 11.5 Å². The van der Waals surface area contributed by atoms with Gasteiger partial charge in [0.15, 0.2) is 0 Å². The van der Waals surface area contributed by atoms with Crippen molar-refractivity contribution < 1.29 is 14.3 Å². The Hall–Kier alpha value is -2.29. The highest BCUT2D eigenvalue weighted by Gasteiger charge is 2.15. The molecule has 0 saturated carbocycles. The van der Waals surface area contributed by atoms with Crippen LogP contribution in [0.5, 0.6) is 11.5 Å². The third-order valence-corrected chi connectivity index (χ3v) is 3.32. The Morgan fingerprint density at radius 3 is 2.30 bits per heavy atom. The average molecular weight is 270 g/mol. The molecule has 0 aliphatic heterocycles. The second kappa shape index (κ2) is 6.75. The van der Waals surface area contributed by atoms with E-state index in [0.29, 0.717) is 6.42 Å². The van der Waals surface area contributed by atoms with Crippen LogP contribution >= 0.6 is 0 Å². The van der Waals surface area contributed by atoms with Gasteiger partial charge in [-0.15, -0.1) is 0 Å². The fourth-order valence-corrected chi connectivity index (χ4v) is 2.22. The number of hydrogen-bond acceptors (Lipinski definition) is 3. The topological polar surface area (TPSA) is 35.5 Å². The van der Waals surface area contributed by atoms with Gasteiger partial charge < -0.3 is 14.3 Å².